The van der Waals surface area contributed by atoms with Gasteiger partial charge in [-0.15, -0.1) is 0 Å². The molecule has 1 fully saturated rings. The van der Waals surface area contributed by atoms with E-state index in [-0.39, 0.29) is 29.9 Å². The third-order valence-electron chi connectivity index (χ3n) is 7.32. The Kier molecular flexibility index (Phi) is 12.3. The molecule has 1 aromatic carbocycles. The summed E-state index contributed by atoms with van der Waals surface area (Å²) in [7, 11) is 0. The minimum absolute atomic E-state index is 0.0877. The third kappa shape index (κ3) is 8.11. The van der Waals surface area contributed by atoms with Crippen molar-refractivity contribution in [2.45, 2.75) is 52.4 Å². The molecule has 0 aliphatic carbocycles. The van der Waals surface area contributed by atoms with Crippen LogP contribution in [0.15, 0.2) is 41.4 Å². The average molecular weight is 687 g/mol. The van der Waals surface area contributed by atoms with Gasteiger partial charge in [-0.25, -0.2) is 19.1 Å². The molecule has 1 saturated heterocycles. The summed E-state index contributed by atoms with van der Waals surface area (Å²) in [5, 5.41) is 30.4. The predicted octanol–water partition coefficient (Wildman–Crippen LogP) is 0.494. The molecule has 16 nitrogen and oxygen atoms in total. The molecule has 45 heavy (non-hydrogen) atoms. The number of aryl methyl sites for hydroxylation is 2. The molecule has 1 amide bonds. The molecule has 0 atom stereocenters. The van der Waals surface area contributed by atoms with Gasteiger partial charge in [-0.2, -0.15) is 5.10 Å². The number of nitrogens with two attached hydrogens (primary N) is 2. The molecule has 0 spiro atoms. The van der Waals surface area contributed by atoms with Crippen molar-refractivity contribution in [3.63, 3.8) is 0 Å². The molecule has 17 heteroatoms. The second-order valence-corrected chi connectivity index (χ2v) is 10.5. The minimum atomic E-state index is -0.500. The molecule has 5 rings (SSSR count). The van der Waals surface area contributed by atoms with Gasteiger partial charge in [0.15, 0.2) is 28.5 Å². The minimum Gasteiger partial charge on any atom is -0.554 e. The van der Waals surface area contributed by atoms with Crippen molar-refractivity contribution >= 4 is 57.6 Å². The maximum Gasteiger partial charge on any atom is 0.290 e. The number of anilines is 1. The summed E-state index contributed by atoms with van der Waals surface area (Å²) in [5.74, 6) is 0.829. The molecule has 0 unspecified atom stereocenters. The molecule has 1 aliphatic rings. The van der Waals surface area contributed by atoms with Crippen LogP contribution in [-0.4, -0.2) is 72.2 Å². The molecule has 7 N–H and O–H groups in total. The Labute approximate surface area is 267 Å². The van der Waals surface area contributed by atoms with E-state index >= 15 is 0 Å². The monoisotopic (exact) mass is 685 g/mol. The van der Waals surface area contributed by atoms with Gasteiger partial charge in [0.05, 0.1) is 31.5 Å². The fraction of sp³-hybridized carbons (Fsp3) is 0.357. The summed E-state index contributed by atoms with van der Waals surface area (Å²) in [6.07, 6.45) is 7.29. The molecule has 4 aromatic rings. The van der Waals surface area contributed by atoms with Gasteiger partial charge in [-0.3, -0.25) is 19.7 Å². The number of nitrogens with zero attached hydrogens (tertiary/aromatic N) is 7. The average Bonchev–Trinajstić information content (AvgIpc) is 3.64. The number of piperidine rings is 1. The molecule has 4 heterocycles. The number of hydrogen-bond acceptors (Lipinski definition) is 9. The smallest absolute Gasteiger partial charge is 0.290 e. The van der Waals surface area contributed by atoms with Gasteiger partial charge in [-0.1, -0.05) is 0 Å². The normalized spacial score (nSPS) is 12.8. The highest BCUT2D eigenvalue weighted by Gasteiger charge is 2.26. The Balaban J connectivity index is 0.000000853. The van der Waals surface area contributed by atoms with E-state index in [0.29, 0.717) is 17.2 Å². The Morgan fingerprint density at radius 3 is 2.51 bits per heavy atom. The lowest BCUT2D eigenvalue weighted by Gasteiger charge is -2.32. The van der Waals surface area contributed by atoms with E-state index in [2.05, 4.69) is 83.7 Å². The van der Waals surface area contributed by atoms with Crippen molar-refractivity contribution in [3.05, 3.63) is 52.9 Å². The van der Waals surface area contributed by atoms with Crippen LogP contribution in [0.4, 0.5) is 5.82 Å². The van der Waals surface area contributed by atoms with Crippen LogP contribution in [0.25, 0.3) is 22.2 Å². The zero-order chi connectivity index (χ0) is 33.1. The van der Waals surface area contributed by atoms with E-state index in [9.17, 15) is 4.79 Å². The van der Waals surface area contributed by atoms with Crippen LogP contribution in [0.1, 0.15) is 49.0 Å². The fourth-order valence-corrected chi connectivity index (χ4v) is 5.59. The van der Waals surface area contributed by atoms with Gasteiger partial charge in [0, 0.05) is 31.3 Å². The Morgan fingerprint density at radius 2 is 1.91 bits per heavy atom. The maximum absolute atomic E-state index is 12.9. The van der Waals surface area contributed by atoms with Crippen molar-refractivity contribution < 1.29 is 29.2 Å². The van der Waals surface area contributed by atoms with Crippen molar-refractivity contribution in [2.75, 3.05) is 18.8 Å². The second-order valence-electron chi connectivity index (χ2n) is 9.73. The summed E-state index contributed by atoms with van der Waals surface area (Å²) in [4.78, 5) is 39.6. The van der Waals surface area contributed by atoms with Crippen LogP contribution in [-0.2, 0) is 29.2 Å². The number of hydrogen-bond donors (Lipinski definition) is 5. The van der Waals surface area contributed by atoms with Crippen LogP contribution in [0.5, 0.6) is 0 Å². The number of carbonyl (C=O) groups is 3. The van der Waals surface area contributed by atoms with Gasteiger partial charge in [0.1, 0.15) is 11.1 Å². The number of aromatic nitrogens is 6. The van der Waals surface area contributed by atoms with Gasteiger partial charge >= 0.3 is 0 Å². The SMILES string of the molecule is CCn1c(CNC(=O)c2nc(Br)cnc2N)[n+](CC)c2ccc(-c3cnn(C4CCN(C(=N)N)CC4)c3)cc21.O=CO.O=C[O-]. The molecule has 3 aromatic heterocycles. The Bertz CT molecular complexity index is 1640. The van der Waals surface area contributed by atoms with E-state index in [0.717, 1.165) is 67.0 Å². The van der Waals surface area contributed by atoms with Crippen molar-refractivity contribution in [1.82, 2.24) is 34.5 Å². The molecule has 240 valence electrons. The topological polar surface area (TPSA) is 238 Å². The number of rotatable bonds is 7. The highest BCUT2D eigenvalue weighted by molar-refractivity contribution is 9.10. The van der Waals surface area contributed by atoms with E-state index in [1.54, 1.807) is 0 Å². The number of nitrogens with one attached hydrogen (secondary N) is 2. The summed E-state index contributed by atoms with van der Waals surface area (Å²) in [6, 6.07) is 6.73. The first-order valence-corrected chi connectivity index (χ1v) is 14.8. The zero-order valence-corrected chi connectivity index (χ0v) is 26.5. The molecule has 1 aliphatic heterocycles. The molecule has 0 bridgehead atoms. The summed E-state index contributed by atoms with van der Waals surface area (Å²) in [6.45, 7) is 6.78. The Morgan fingerprint density at radius 1 is 1.24 bits per heavy atom. The van der Waals surface area contributed by atoms with E-state index in [4.69, 9.17) is 36.7 Å². The van der Waals surface area contributed by atoms with E-state index < -0.39 is 6.47 Å². The summed E-state index contributed by atoms with van der Waals surface area (Å²) < 4.78 is 6.93. The van der Waals surface area contributed by atoms with Crippen LogP contribution in [0, 0.1) is 5.41 Å². The fourth-order valence-electron chi connectivity index (χ4n) is 5.31. The number of fused-ring (bicyclic) bond motifs is 1. The zero-order valence-electron chi connectivity index (χ0n) is 24.9. The van der Waals surface area contributed by atoms with Gasteiger partial charge in [0.25, 0.3) is 18.2 Å². The maximum atomic E-state index is 12.9. The lowest BCUT2D eigenvalue weighted by Crippen LogP contribution is -2.42. The highest BCUT2D eigenvalue weighted by Crippen LogP contribution is 2.28. The Hall–Kier alpha value is -5.06. The van der Waals surface area contributed by atoms with E-state index in [1.807, 2.05) is 15.8 Å². The lowest BCUT2D eigenvalue weighted by molar-refractivity contribution is -0.676. The molecular weight excluding hydrogens is 650 g/mol. The van der Waals surface area contributed by atoms with E-state index in [1.165, 1.54) is 6.20 Å². The first-order valence-electron chi connectivity index (χ1n) is 14.0. The largest absolute Gasteiger partial charge is 0.554 e. The third-order valence-corrected chi connectivity index (χ3v) is 7.70. The quantitative estimate of drug-likeness (QED) is 0.0776. The number of guanidine groups is 1. The number of halogens is 1. The van der Waals surface area contributed by atoms with Gasteiger partial charge < -0.3 is 36.7 Å². The highest BCUT2D eigenvalue weighted by atomic mass is 79.9. The van der Waals surface area contributed by atoms with Crippen LogP contribution >= 0.6 is 15.9 Å². The van der Waals surface area contributed by atoms with Gasteiger partial charge in [-0.05, 0) is 66.4 Å². The van der Waals surface area contributed by atoms with Gasteiger partial charge in [0.2, 0.25) is 0 Å². The molecule has 0 radical (unpaired) electrons. The number of carbonyl (C=O) groups excluding carboxylic acids is 2. The van der Waals surface area contributed by atoms with Crippen LogP contribution in [0.3, 0.4) is 0 Å². The summed E-state index contributed by atoms with van der Waals surface area (Å²) in [5.41, 5.74) is 15.9. The number of nitrogen functional groups attached to an aromatic ring is 1. The number of benzene rings is 1. The number of carboxylic acid groups (broad SMARTS) is 2. The summed E-state index contributed by atoms with van der Waals surface area (Å²) >= 11 is 3.25. The molecule has 0 saturated carbocycles. The number of amides is 1. The van der Waals surface area contributed by atoms with Crippen molar-refractivity contribution in [1.29, 1.82) is 5.41 Å². The van der Waals surface area contributed by atoms with Crippen LogP contribution < -0.4 is 26.5 Å². The predicted molar refractivity (Wildman–Crippen MR) is 167 cm³/mol. The van der Waals surface area contributed by atoms with Crippen molar-refractivity contribution in [3.8, 4) is 11.1 Å². The standard InChI is InChI=1S/C26H32BrN11O.2CH2O2/c1-3-36-19-6-5-16(17-12-33-38(15-17)18-7-9-35(10-8-18)26(29)30)11-20(19)37(4-2)22(36)14-32-25(39)23-24(28)31-13-21(27)34-23;2*2-1-3/h5-6,11-13,15,18H,3-4,7-10,14H2,1-2H3,(H5-,28,29,30,31,32,39);2*1H,(H,2,3). The first-order chi connectivity index (χ1) is 21.6. The second kappa shape index (κ2) is 16.1. The van der Waals surface area contributed by atoms with Crippen LogP contribution in [0.2, 0.25) is 0 Å². The lowest BCUT2D eigenvalue weighted by atomic mass is 10.1. The molecular formula is C28H36BrN11O5. The first kappa shape index (κ1) is 34.4. The van der Waals surface area contributed by atoms with Crippen molar-refractivity contribution in [2.24, 2.45) is 5.73 Å². The number of imidazole rings is 1. The number of likely N-dealkylation sites (tertiary alicyclic amines) is 1.